The molecule has 1 aromatic carbocycles. The summed E-state index contributed by atoms with van der Waals surface area (Å²) in [7, 11) is 0. The van der Waals surface area contributed by atoms with Crippen molar-refractivity contribution < 1.29 is 0 Å². The lowest BCUT2D eigenvalue weighted by molar-refractivity contribution is 0.487. The van der Waals surface area contributed by atoms with Crippen LogP contribution in [0, 0.1) is 0 Å². The Kier molecular flexibility index (Phi) is 15.4. The number of hydrogen-bond acceptors (Lipinski definition) is 0. The minimum absolute atomic E-state index is 0.708. The van der Waals surface area contributed by atoms with Gasteiger partial charge in [-0.3, -0.25) is 0 Å². The summed E-state index contributed by atoms with van der Waals surface area (Å²) in [5.41, 5.74) is 4.46. The monoisotopic (exact) mass is 467 g/mol. The Morgan fingerprint density at radius 1 is 0.529 bits per heavy atom. The molecule has 2 unspecified atom stereocenters. The summed E-state index contributed by atoms with van der Waals surface area (Å²) < 4.78 is 0. The van der Waals surface area contributed by atoms with Crippen LogP contribution >= 0.6 is 0 Å². The average Bonchev–Trinajstić information content (AvgIpc) is 3.28. The van der Waals surface area contributed by atoms with Gasteiger partial charge in [-0.25, -0.2) is 0 Å². The van der Waals surface area contributed by atoms with E-state index in [0.717, 1.165) is 5.92 Å². The van der Waals surface area contributed by atoms with Gasteiger partial charge in [0, 0.05) is 11.2 Å². The average molecular weight is 468 g/mol. The van der Waals surface area contributed by atoms with E-state index in [4.69, 9.17) is 0 Å². The van der Waals surface area contributed by atoms with E-state index in [1.807, 2.05) is 0 Å². The number of aromatic nitrogens is 1. The van der Waals surface area contributed by atoms with Crippen LogP contribution in [-0.4, -0.2) is 4.98 Å². The third-order valence-electron chi connectivity index (χ3n) is 7.95. The van der Waals surface area contributed by atoms with E-state index in [9.17, 15) is 0 Å². The fraction of sp³-hybridized carbons (Fsp3) is 0.758. The molecule has 2 aromatic rings. The zero-order chi connectivity index (χ0) is 24.4. The summed E-state index contributed by atoms with van der Waals surface area (Å²) in [6.07, 6.45) is 26.0. The van der Waals surface area contributed by atoms with E-state index in [-0.39, 0.29) is 0 Å². The van der Waals surface area contributed by atoms with Gasteiger partial charge in [0.15, 0.2) is 0 Å². The maximum Gasteiger partial charge on any atom is 0.0459 e. The second-order valence-corrected chi connectivity index (χ2v) is 11.0. The molecule has 0 saturated heterocycles. The van der Waals surface area contributed by atoms with Gasteiger partial charge in [0.05, 0.1) is 0 Å². The highest BCUT2D eigenvalue weighted by atomic mass is 14.7. The van der Waals surface area contributed by atoms with Crippen molar-refractivity contribution in [3.05, 3.63) is 35.5 Å². The Morgan fingerprint density at radius 3 is 1.62 bits per heavy atom. The van der Waals surface area contributed by atoms with Crippen LogP contribution in [-0.2, 0) is 0 Å². The number of fused-ring (bicyclic) bond motifs is 1. The number of nitrogens with one attached hydrogen (secondary N) is 1. The normalized spacial score (nSPS) is 13.5. The Morgan fingerprint density at radius 2 is 1.03 bits per heavy atom. The third-order valence-corrected chi connectivity index (χ3v) is 7.95. The maximum atomic E-state index is 3.92. The van der Waals surface area contributed by atoms with Crippen molar-refractivity contribution in [3.8, 4) is 0 Å². The molecule has 2 rings (SSSR count). The van der Waals surface area contributed by atoms with Gasteiger partial charge in [-0.15, -0.1) is 0 Å². The van der Waals surface area contributed by atoms with Crippen molar-refractivity contribution >= 4 is 10.9 Å². The number of hydrogen-bond donors (Lipinski definition) is 1. The van der Waals surface area contributed by atoms with Crippen LogP contribution in [0.5, 0.6) is 0 Å². The van der Waals surface area contributed by atoms with Crippen molar-refractivity contribution in [2.45, 2.75) is 162 Å². The van der Waals surface area contributed by atoms with Crippen molar-refractivity contribution in [2.75, 3.05) is 0 Å². The van der Waals surface area contributed by atoms with E-state index in [1.165, 1.54) is 139 Å². The molecule has 0 amide bonds. The van der Waals surface area contributed by atoms with Crippen LogP contribution < -0.4 is 0 Å². The largest absolute Gasteiger partial charge is 0.358 e. The number of benzene rings is 1. The summed E-state index contributed by atoms with van der Waals surface area (Å²) in [6, 6.07) is 9.85. The molecule has 0 aliphatic heterocycles. The molecule has 0 radical (unpaired) electrons. The Balaban J connectivity index is 2.11. The quantitative estimate of drug-likeness (QED) is 0.176. The number of H-pyrrole nitrogens is 1. The van der Waals surface area contributed by atoms with E-state index in [1.54, 1.807) is 5.56 Å². The first kappa shape index (κ1) is 29.0. The highest BCUT2D eigenvalue weighted by Crippen LogP contribution is 2.34. The Bertz CT molecular complexity index is 742. The van der Waals surface area contributed by atoms with Gasteiger partial charge in [0.2, 0.25) is 0 Å². The summed E-state index contributed by atoms with van der Waals surface area (Å²) >= 11 is 0. The standard InChI is InChI=1S/C33H57N/c1-5-9-13-16-19-23-29(22-18-15-11-7-3)32-27-31-25-24-30(26-33(31)34-32)28(20-12-8-4)21-17-14-10-6-2/h24-29,34H,5-23H2,1-4H3. The van der Waals surface area contributed by atoms with E-state index >= 15 is 0 Å². The minimum Gasteiger partial charge on any atom is -0.358 e. The summed E-state index contributed by atoms with van der Waals surface area (Å²) in [4.78, 5) is 3.92. The number of rotatable bonds is 21. The lowest BCUT2D eigenvalue weighted by atomic mass is 9.88. The van der Waals surface area contributed by atoms with E-state index < -0.39 is 0 Å². The Labute approximate surface area is 212 Å². The summed E-state index contributed by atoms with van der Waals surface area (Å²) in [6.45, 7) is 9.27. The van der Waals surface area contributed by atoms with Crippen LogP contribution in [0.1, 0.15) is 173 Å². The molecule has 1 nitrogen and oxygen atoms in total. The molecule has 2 atom stereocenters. The molecule has 0 spiro atoms. The van der Waals surface area contributed by atoms with Crippen LogP contribution in [0.15, 0.2) is 24.3 Å². The molecule has 1 heteroatoms. The molecule has 194 valence electrons. The lowest BCUT2D eigenvalue weighted by Crippen LogP contribution is -2.01. The van der Waals surface area contributed by atoms with Gasteiger partial charge >= 0.3 is 0 Å². The molecule has 0 bridgehead atoms. The van der Waals surface area contributed by atoms with Crippen molar-refractivity contribution in [2.24, 2.45) is 0 Å². The van der Waals surface area contributed by atoms with Crippen LogP contribution in [0.3, 0.4) is 0 Å². The molecule has 0 fully saturated rings. The predicted octanol–water partition coefficient (Wildman–Crippen LogP) is 11.8. The molecule has 1 aromatic heterocycles. The van der Waals surface area contributed by atoms with Gasteiger partial charge in [0.1, 0.15) is 0 Å². The highest BCUT2D eigenvalue weighted by molar-refractivity contribution is 5.81. The topological polar surface area (TPSA) is 15.8 Å². The smallest absolute Gasteiger partial charge is 0.0459 e. The maximum absolute atomic E-state index is 3.92. The van der Waals surface area contributed by atoms with Crippen LogP contribution in [0.25, 0.3) is 10.9 Å². The second kappa shape index (κ2) is 18.1. The molecule has 1 heterocycles. The molecule has 0 saturated carbocycles. The zero-order valence-corrected chi connectivity index (χ0v) is 23.4. The SMILES string of the molecule is CCCCCCCC(CCCCCC)c1cc2ccc(C(CCCC)CCCCCC)cc2[nH]1. The third kappa shape index (κ3) is 10.6. The molecule has 1 N–H and O–H groups in total. The van der Waals surface area contributed by atoms with Gasteiger partial charge in [-0.1, -0.05) is 136 Å². The van der Waals surface area contributed by atoms with Gasteiger partial charge in [-0.05, 0) is 60.6 Å². The van der Waals surface area contributed by atoms with E-state index in [0.29, 0.717) is 5.92 Å². The van der Waals surface area contributed by atoms with Gasteiger partial charge in [-0.2, -0.15) is 0 Å². The summed E-state index contributed by atoms with van der Waals surface area (Å²) in [5, 5.41) is 1.42. The van der Waals surface area contributed by atoms with Crippen molar-refractivity contribution in [1.82, 2.24) is 4.98 Å². The second-order valence-electron chi connectivity index (χ2n) is 11.0. The van der Waals surface area contributed by atoms with Crippen molar-refractivity contribution in [1.29, 1.82) is 0 Å². The minimum atomic E-state index is 0.708. The molecule has 0 aliphatic carbocycles. The van der Waals surface area contributed by atoms with Crippen molar-refractivity contribution in [3.63, 3.8) is 0 Å². The zero-order valence-electron chi connectivity index (χ0n) is 23.4. The van der Waals surface area contributed by atoms with Crippen LogP contribution in [0.2, 0.25) is 0 Å². The Hall–Kier alpha value is -1.24. The summed E-state index contributed by atoms with van der Waals surface area (Å²) in [5.74, 6) is 1.44. The first-order chi connectivity index (χ1) is 16.7. The molecular weight excluding hydrogens is 410 g/mol. The molecule has 0 aliphatic rings. The van der Waals surface area contributed by atoms with E-state index in [2.05, 4.69) is 56.9 Å². The van der Waals surface area contributed by atoms with Crippen LogP contribution in [0.4, 0.5) is 0 Å². The number of unbranched alkanes of at least 4 members (excludes halogenated alkanes) is 11. The van der Waals surface area contributed by atoms with Gasteiger partial charge < -0.3 is 4.98 Å². The first-order valence-corrected chi connectivity index (χ1v) is 15.4. The van der Waals surface area contributed by atoms with Gasteiger partial charge in [0.25, 0.3) is 0 Å². The molecule has 34 heavy (non-hydrogen) atoms. The highest BCUT2D eigenvalue weighted by Gasteiger charge is 2.16. The predicted molar refractivity (Wildman–Crippen MR) is 154 cm³/mol. The lowest BCUT2D eigenvalue weighted by Gasteiger charge is -2.17. The number of aromatic amines is 1. The first-order valence-electron chi connectivity index (χ1n) is 15.4. The molecular formula is C33H57N. The fourth-order valence-corrected chi connectivity index (χ4v) is 5.65. The fourth-order valence-electron chi connectivity index (χ4n) is 5.65.